The number of aryl methyl sites for hydroxylation is 1. The normalized spacial score (nSPS) is 10.5. The van der Waals surface area contributed by atoms with E-state index in [9.17, 15) is 4.79 Å². The third-order valence-electron chi connectivity index (χ3n) is 3.36. The van der Waals surface area contributed by atoms with Gasteiger partial charge in [-0.05, 0) is 37.3 Å². The summed E-state index contributed by atoms with van der Waals surface area (Å²) in [5.41, 5.74) is 1.98. The first kappa shape index (κ1) is 17.0. The lowest BCUT2D eigenvalue weighted by atomic mass is 10.1. The zero-order valence-electron chi connectivity index (χ0n) is 13.5. The zero-order valence-corrected chi connectivity index (χ0v) is 14.3. The highest BCUT2D eigenvalue weighted by atomic mass is 35.5. The maximum absolute atomic E-state index is 11.8. The van der Waals surface area contributed by atoms with E-state index in [4.69, 9.17) is 20.9 Å². The molecular weight excluding hydrogens is 342 g/mol. The Labute approximate surface area is 149 Å². The second kappa shape index (κ2) is 7.81. The van der Waals surface area contributed by atoms with Crippen molar-refractivity contribution >= 4 is 17.5 Å². The van der Waals surface area contributed by atoms with Crippen LogP contribution in [0.2, 0.25) is 5.02 Å². The fourth-order valence-electron chi connectivity index (χ4n) is 2.13. The maximum Gasteiger partial charge on any atom is 0.258 e. The van der Waals surface area contributed by atoms with Gasteiger partial charge in [0.25, 0.3) is 5.91 Å². The number of halogens is 1. The SMILES string of the molecule is Cc1cccc(-c2noc(CNC(=O)COc3ccc(Cl)cc3)n2)c1. The van der Waals surface area contributed by atoms with E-state index >= 15 is 0 Å². The molecule has 0 atom stereocenters. The van der Waals surface area contributed by atoms with Crippen LogP contribution >= 0.6 is 11.6 Å². The fourth-order valence-corrected chi connectivity index (χ4v) is 2.26. The minimum Gasteiger partial charge on any atom is -0.484 e. The molecule has 0 unspecified atom stereocenters. The number of nitrogens with zero attached hydrogens (tertiary/aromatic N) is 2. The number of hydrogen-bond acceptors (Lipinski definition) is 5. The van der Waals surface area contributed by atoms with Crippen LogP contribution in [0.15, 0.2) is 53.1 Å². The Balaban J connectivity index is 1.50. The molecule has 0 bridgehead atoms. The van der Waals surface area contributed by atoms with Crippen molar-refractivity contribution in [2.45, 2.75) is 13.5 Å². The molecule has 1 N–H and O–H groups in total. The Hall–Kier alpha value is -2.86. The lowest BCUT2D eigenvalue weighted by Crippen LogP contribution is -2.28. The van der Waals surface area contributed by atoms with Gasteiger partial charge in [-0.1, -0.05) is 40.5 Å². The van der Waals surface area contributed by atoms with Gasteiger partial charge in [0.05, 0.1) is 6.54 Å². The monoisotopic (exact) mass is 357 g/mol. The Kier molecular flexibility index (Phi) is 5.30. The molecule has 7 heteroatoms. The van der Waals surface area contributed by atoms with E-state index in [1.165, 1.54) is 0 Å². The first-order chi connectivity index (χ1) is 12.1. The number of amides is 1. The molecular formula is C18H16ClN3O3. The number of carbonyl (C=O) groups is 1. The zero-order chi connectivity index (χ0) is 17.6. The number of aromatic nitrogens is 2. The van der Waals surface area contributed by atoms with Crippen LogP contribution in [-0.2, 0) is 11.3 Å². The molecule has 0 aliphatic carbocycles. The highest BCUT2D eigenvalue weighted by Gasteiger charge is 2.10. The molecule has 3 aromatic rings. The lowest BCUT2D eigenvalue weighted by molar-refractivity contribution is -0.123. The van der Waals surface area contributed by atoms with Gasteiger partial charge in [0, 0.05) is 10.6 Å². The van der Waals surface area contributed by atoms with Gasteiger partial charge in [0.15, 0.2) is 6.61 Å². The average molecular weight is 358 g/mol. The Morgan fingerprint density at radius 2 is 2.04 bits per heavy atom. The van der Waals surface area contributed by atoms with E-state index in [1.54, 1.807) is 24.3 Å². The van der Waals surface area contributed by atoms with Crippen molar-refractivity contribution in [2.75, 3.05) is 6.61 Å². The van der Waals surface area contributed by atoms with Crippen LogP contribution in [0.5, 0.6) is 5.75 Å². The summed E-state index contributed by atoms with van der Waals surface area (Å²) < 4.78 is 10.5. The van der Waals surface area contributed by atoms with Gasteiger partial charge >= 0.3 is 0 Å². The number of benzene rings is 2. The molecule has 0 aliphatic rings. The van der Waals surface area contributed by atoms with E-state index in [0.29, 0.717) is 22.5 Å². The Bertz CT molecular complexity index is 862. The molecule has 1 aromatic heterocycles. The van der Waals surface area contributed by atoms with Crippen LogP contribution in [0, 0.1) is 6.92 Å². The van der Waals surface area contributed by atoms with E-state index < -0.39 is 0 Å². The summed E-state index contributed by atoms with van der Waals surface area (Å²) in [6, 6.07) is 14.6. The molecule has 1 heterocycles. The Morgan fingerprint density at radius 1 is 1.24 bits per heavy atom. The van der Waals surface area contributed by atoms with Crippen LogP contribution in [0.4, 0.5) is 0 Å². The van der Waals surface area contributed by atoms with Crippen LogP contribution in [0.1, 0.15) is 11.5 Å². The number of hydrogen-bond donors (Lipinski definition) is 1. The predicted octanol–water partition coefficient (Wildman–Crippen LogP) is 3.39. The lowest BCUT2D eigenvalue weighted by Gasteiger charge is -2.05. The molecule has 6 nitrogen and oxygen atoms in total. The summed E-state index contributed by atoms with van der Waals surface area (Å²) in [6.07, 6.45) is 0. The summed E-state index contributed by atoms with van der Waals surface area (Å²) in [6.45, 7) is 2.02. The molecule has 2 aromatic carbocycles. The second-order valence-corrected chi connectivity index (χ2v) is 5.84. The van der Waals surface area contributed by atoms with Gasteiger partial charge in [-0.3, -0.25) is 4.79 Å². The minimum absolute atomic E-state index is 0.111. The second-order valence-electron chi connectivity index (χ2n) is 5.40. The highest BCUT2D eigenvalue weighted by Crippen LogP contribution is 2.17. The Morgan fingerprint density at radius 3 is 2.80 bits per heavy atom. The third kappa shape index (κ3) is 4.81. The van der Waals surface area contributed by atoms with Crippen molar-refractivity contribution in [3.63, 3.8) is 0 Å². The standard InChI is InChI=1S/C18H16ClN3O3/c1-12-3-2-4-13(9-12)18-21-17(25-22-18)10-20-16(23)11-24-15-7-5-14(19)6-8-15/h2-9H,10-11H2,1H3,(H,20,23). The van der Waals surface area contributed by atoms with E-state index in [1.807, 2.05) is 31.2 Å². The highest BCUT2D eigenvalue weighted by molar-refractivity contribution is 6.30. The van der Waals surface area contributed by atoms with Crippen molar-refractivity contribution in [1.82, 2.24) is 15.5 Å². The number of nitrogens with one attached hydrogen (secondary N) is 1. The molecule has 0 aliphatic heterocycles. The number of rotatable bonds is 6. The molecule has 0 saturated carbocycles. The smallest absolute Gasteiger partial charge is 0.258 e. The first-order valence-corrected chi connectivity index (χ1v) is 8.02. The molecule has 3 rings (SSSR count). The van der Waals surface area contributed by atoms with E-state index in [0.717, 1.165) is 11.1 Å². The fraction of sp³-hybridized carbons (Fsp3) is 0.167. The number of carbonyl (C=O) groups excluding carboxylic acids is 1. The van der Waals surface area contributed by atoms with Crippen LogP contribution < -0.4 is 10.1 Å². The van der Waals surface area contributed by atoms with Gasteiger partial charge in [-0.2, -0.15) is 4.98 Å². The van der Waals surface area contributed by atoms with E-state index in [2.05, 4.69) is 15.5 Å². The summed E-state index contributed by atoms with van der Waals surface area (Å²) in [5, 5.41) is 7.21. The first-order valence-electron chi connectivity index (χ1n) is 7.65. The number of ether oxygens (including phenoxy) is 1. The minimum atomic E-state index is -0.287. The summed E-state index contributed by atoms with van der Waals surface area (Å²) in [4.78, 5) is 16.1. The molecule has 0 spiro atoms. The summed E-state index contributed by atoms with van der Waals surface area (Å²) in [7, 11) is 0. The topological polar surface area (TPSA) is 77.2 Å². The molecule has 25 heavy (non-hydrogen) atoms. The van der Waals surface area contributed by atoms with Crippen molar-refractivity contribution in [3.05, 3.63) is 65.0 Å². The molecule has 0 saturated heterocycles. The van der Waals surface area contributed by atoms with Gasteiger partial charge in [0.1, 0.15) is 5.75 Å². The van der Waals surface area contributed by atoms with Crippen LogP contribution in [-0.4, -0.2) is 22.7 Å². The van der Waals surface area contributed by atoms with Gasteiger partial charge in [-0.25, -0.2) is 0 Å². The van der Waals surface area contributed by atoms with Crippen molar-refractivity contribution in [2.24, 2.45) is 0 Å². The van der Waals surface area contributed by atoms with Crippen LogP contribution in [0.25, 0.3) is 11.4 Å². The van der Waals surface area contributed by atoms with Crippen molar-refractivity contribution in [1.29, 1.82) is 0 Å². The van der Waals surface area contributed by atoms with Gasteiger partial charge in [-0.15, -0.1) is 0 Å². The maximum atomic E-state index is 11.8. The largest absolute Gasteiger partial charge is 0.484 e. The summed E-state index contributed by atoms with van der Waals surface area (Å²) in [5.74, 6) is 1.10. The average Bonchev–Trinajstić information content (AvgIpc) is 3.08. The van der Waals surface area contributed by atoms with Crippen LogP contribution in [0.3, 0.4) is 0 Å². The van der Waals surface area contributed by atoms with Gasteiger partial charge in [0.2, 0.25) is 11.7 Å². The van der Waals surface area contributed by atoms with Crippen molar-refractivity contribution < 1.29 is 14.1 Å². The molecule has 0 radical (unpaired) electrons. The van der Waals surface area contributed by atoms with Crippen molar-refractivity contribution in [3.8, 4) is 17.1 Å². The molecule has 1 amide bonds. The molecule has 0 fully saturated rings. The third-order valence-corrected chi connectivity index (χ3v) is 3.62. The van der Waals surface area contributed by atoms with Gasteiger partial charge < -0.3 is 14.6 Å². The quantitative estimate of drug-likeness (QED) is 0.731. The molecule has 128 valence electrons. The predicted molar refractivity (Wildman–Crippen MR) is 93.3 cm³/mol. The van der Waals surface area contributed by atoms with E-state index in [-0.39, 0.29) is 19.1 Å². The summed E-state index contributed by atoms with van der Waals surface area (Å²) >= 11 is 5.79.